The summed E-state index contributed by atoms with van der Waals surface area (Å²) in [7, 11) is 1.67. The Balaban J connectivity index is 3.30. The van der Waals surface area contributed by atoms with E-state index in [4.69, 9.17) is 0 Å². The number of quaternary nitrogens is 1. The normalized spacial score (nSPS) is 16.5. The van der Waals surface area contributed by atoms with Crippen molar-refractivity contribution in [3.8, 4) is 0 Å². The van der Waals surface area contributed by atoms with Gasteiger partial charge in [-0.2, -0.15) is 4.65 Å². The minimum absolute atomic E-state index is 0.267. The zero-order valence-electron chi connectivity index (χ0n) is 12.7. The van der Waals surface area contributed by atoms with Crippen LogP contribution in [0.1, 0.15) is 78.1 Å². The highest BCUT2D eigenvalue weighted by Gasteiger charge is 2.26. The monoisotopic (exact) mass is 260 g/mol. The van der Waals surface area contributed by atoms with Gasteiger partial charge in [-0.3, -0.25) is 0 Å². The van der Waals surface area contributed by atoms with Gasteiger partial charge < -0.3 is 5.11 Å². The molecule has 0 saturated heterocycles. The minimum atomic E-state index is -0.625. The van der Waals surface area contributed by atoms with Crippen LogP contribution in [0.15, 0.2) is 0 Å². The molecule has 3 heteroatoms. The number of rotatable bonds is 12. The summed E-state index contributed by atoms with van der Waals surface area (Å²) in [6.45, 7) is 4.69. The summed E-state index contributed by atoms with van der Waals surface area (Å²) < 4.78 is -0.267. The fourth-order valence-electron chi connectivity index (χ4n) is 2.13. The second kappa shape index (κ2) is 10.8. The quantitative estimate of drug-likeness (QED) is 0.240. The molecule has 0 radical (unpaired) electrons. The largest absolute Gasteiger partial charge is 0.343 e. The lowest BCUT2D eigenvalue weighted by Gasteiger charge is -2.29. The molecule has 0 aliphatic carbocycles. The lowest BCUT2D eigenvalue weighted by molar-refractivity contribution is -1.12. The summed E-state index contributed by atoms with van der Waals surface area (Å²) in [6.07, 6.45) is 11.6. The molecule has 0 bridgehead atoms. The van der Waals surface area contributed by atoms with Crippen LogP contribution in [0.3, 0.4) is 0 Å². The topological polar surface area (TPSA) is 40.5 Å². The van der Waals surface area contributed by atoms with Crippen LogP contribution in [-0.4, -0.2) is 34.8 Å². The molecule has 0 aromatic carbocycles. The second-order valence-electron chi connectivity index (χ2n) is 5.63. The second-order valence-corrected chi connectivity index (χ2v) is 5.63. The summed E-state index contributed by atoms with van der Waals surface area (Å²) >= 11 is 0. The molecular formula is C15H34NO2+. The van der Waals surface area contributed by atoms with Crippen molar-refractivity contribution in [2.24, 2.45) is 0 Å². The van der Waals surface area contributed by atoms with Gasteiger partial charge in [0.15, 0.2) is 0 Å². The number of hydrogen-bond donors (Lipinski definition) is 2. The van der Waals surface area contributed by atoms with Crippen molar-refractivity contribution in [3.05, 3.63) is 0 Å². The van der Waals surface area contributed by atoms with Crippen LogP contribution in [0.4, 0.5) is 0 Å². The molecule has 0 rings (SSSR count). The zero-order chi connectivity index (χ0) is 13.9. The molecule has 3 nitrogen and oxygen atoms in total. The van der Waals surface area contributed by atoms with Gasteiger partial charge in [-0.15, -0.1) is 0 Å². The average molecular weight is 260 g/mol. The van der Waals surface area contributed by atoms with Gasteiger partial charge in [0.1, 0.15) is 13.6 Å². The van der Waals surface area contributed by atoms with Gasteiger partial charge in [0.25, 0.3) is 0 Å². The molecule has 0 saturated carbocycles. The molecule has 0 aliphatic heterocycles. The molecule has 0 amide bonds. The Bertz CT molecular complexity index is 183. The van der Waals surface area contributed by atoms with Gasteiger partial charge in [-0.25, -0.2) is 5.21 Å². The smallest absolute Gasteiger partial charge is 0.220 e. The van der Waals surface area contributed by atoms with Crippen molar-refractivity contribution >= 4 is 0 Å². The van der Waals surface area contributed by atoms with E-state index in [1.807, 2.05) is 6.92 Å². The van der Waals surface area contributed by atoms with Crippen molar-refractivity contribution in [2.45, 2.75) is 84.3 Å². The maximum atomic E-state index is 9.80. The molecule has 0 aromatic rings. The summed E-state index contributed by atoms with van der Waals surface area (Å²) in [4.78, 5) is 0. The average Bonchev–Trinajstić information content (AvgIpc) is 2.36. The van der Waals surface area contributed by atoms with Crippen molar-refractivity contribution < 1.29 is 15.0 Å². The fraction of sp³-hybridized carbons (Fsp3) is 1.00. The highest BCUT2D eigenvalue weighted by molar-refractivity contribution is 4.48. The first kappa shape index (κ1) is 17.9. The number of aliphatic hydroxyl groups is 1. The molecule has 18 heavy (non-hydrogen) atoms. The third kappa shape index (κ3) is 8.90. The summed E-state index contributed by atoms with van der Waals surface area (Å²) in [5.41, 5.74) is 0. The number of unbranched alkanes of at least 4 members (excludes halogenated alkanes) is 8. The third-order valence-corrected chi connectivity index (χ3v) is 3.85. The Kier molecular flexibility index (Phi) is 10.7. The van der Waals surface area contributed by atoms with Crippen LogP contribution in [0.5, 0.6) is 0 Å². The summed E-state index contributed by atoms with van der Waals surface area (Å²) in [5, 5.41) is 19.6. The van der Waals surface area contributed by atoms with Gasteiger partial charge in [-0.05, 0) is 13.3 Å². The molecule has 0 fully saturated rings. The molecule has 2 N–H and O–H groups in total. The summed E-state index contributed by atoms with van der Waals surface area (Å²) in [5.74, 6) is 0. The molecule has 0 aromatic heterocycles. The van der Waals surface area contributed by atoms with Gasteiger partial charge in [0, 0.05) is 6.42 Å². The van der Waals surface area contributed by atoms with Gasteiger partial charge in [0.2, 0.25) is 6.23 Å². The van der Waals surface area contributed by atoms with E-state index in [2.05, 4.69) is 6.92 Å². The zero-order valence-corrected chi connectivity index (χ0v) is 12.7. The SMILES string of the molecule is CCCCCCCCCCCC(O)[N+](C)(O)CC. The molecular weight excluding hydrogens is 226 g/mol. The Morgan fingerprint density at radius 2 is 1.28 bits per heavy atom. The highest BCUT2D eigenvalue weighted by Crippen LogP contribution is 2.14. The number of aliphatic hydroxyl groups excluding tert-OH is 1. The Morgan fingerprint density at radius 1 is 0.833 bits per heavy atom. The Labute approximate surface area is 113 Å². The molecule has 0 aliphatic rings. The van der Waals surface area contributed by atoms with Gasteiger partial charge in [-0.1, -0.05) is 58.3 Å². The number of hydroxylamine groups is 3. The molecule has 0 spiro atoms. The predicted octanol–water partition coefficient (Wildman–Crippen LogP) is 4.08. The predicted molar refractivity (Wildman–Crippen MR) is 76.4 cm³/mol. The van der Waals surface area contributed by atoms with E-state index < -0.39 is 6.23 Å². The highest BCUT2D eigenvalue weighted by atomic mass is 16.6. The summed E-state index contributed by atoms with van der Waals surface area (Å²) in [6, 6.07) is 0. The standard InChI is InChI=1S/C15H34NO2/c1-4-6-7-8-9-10-11-12-13-14-15(17)16(3,18)5-2/h15,17-18H,4-14H2,1-3H3/q+1. The molecule has 110 valence electrons. The van der Waals surface area contributed by atoms with E-state index in [-0.39, 0.29) is 4.65 Å². The van der Waals surface area contributed by atoms with Gasteiger partial charge >= 0.3 is 0 Å². The molecule has 2 unspecified atom stereocenters. The van der Waals surface area contributed by atoms with E-state index in [1.165, 1.54) is 51.4 Å². The maximum Gasteiger partial charge on any atom is 0.220 e. The van der Waals surface area contributed by atoms with Crippen LogP contribution >= 0.6 is 0 Å². The minimum Gasteiger partial charge on any atom is -0.343 e. The van der Waals surface area contributed by atoms with E-state index in [1.54, 1.807) is 7.05 Å². The van der Waals surface area contributed by atoms with Crippen molar-refractivity contribution in [1.82, 2.24) is 0 Å². The first-order chi connectivity index (χ1) is 8.54. The molecule has 0 heterocycles. The van der Waals surface area contributed by atoms with E-state index in [9.17, 15) is 10.3 Å². The first-order valence-electron chi connectivity index (χ1n) is 7.80. The van der Waals surface area contributed by atoms with Crippen LogP contribution in [-0.2, 0) is 0 Å². The lowest BCUT2D eigenvalue weighted by atomic mass is 10.1. The molecule has 2 atom stereocenters. The van der Waals surface area contributed by atoms with Crippen LogP contribution in [0.25, 0.3) is 0 Å². The van der Waals surface area contributed by atoms with E-state index in [0.717, 1.165) is 6.42 Å². The maximum absolute atomic E-state index is 9.80. The van der Waals surface area contributed by atoms with Crippen molar-refractivity contribution in [1.29, 1.82) is 0 Å². The third-order valence-electron chi connectivity index (χ3n) is 3.85. The lowest BCUT2D eigenvalue weighted by Crippen LogP contribution is -2.49. The fourth-order valence-corrected chi connectivity index (χ4v) is 2.13. The van der Waals surface area contributed by atoms with Crippen LogP contribution < -0.4 is 0 Å². The van der Waals surface area contributed by atoms with Crippen LogP contribution in [0.2, 0.25) is 0 Å². The number of hydrogen-bond acceptors (Lipinski definition) is 2. The number of nitrogens with zero attached hydrogens (tertiary/aromatic N) is 1. The Hall–Kier alpha value is -0.120. The van der Waals surface area contributed by atoms with Crippen molar-refractivity contribution in [3.63, 3.8) is 0 Å². The van der Waals surface area contributed by atoms with E-state index in [0.29, 0.717) is 13.0 Å². The van der Waals surface area contributed by atoms with Gasteiger partial charge in [0.05, 0.1) is 0 Å². The van der Waals surface area contributed by atoms with Crippen LogP contribution in [0, 0.1) is 0 Å². The van der Waals surface area contributed by atoms with Crippen molar-refractivity contribution in [2.75, 3.05) is 13.6 Å². The van der Waals surface area contributed by atoms with E-state index >= 15 is 0 Å². The first-order valence-corrected chi connectivity index (χ1v) is 7.80. The Morgan fingerprint density at radius 3 is 1.72 bits per heavy atom.